The van der Waals surface area contributed by atoms with Gasteiger partial charge in [0.2, 0.25) is 0 Å². The molecule has 0 spiro atoms. The van der Waals surface area contributed by atoms with Crippen molar-refractivity contribution >= 4 is 11.0 Å². The molecule has 1 aliphatic heterocycles. The van der Waals surface area contributed by atoms with Gasteiger partial charge < -0.3 is 9.15 Å². The number of benzene rings is 2. The van der Waals surface area contributed by atoms with Crippen LogP contribution in [0.25, 0.3) is 22.4 Å². The van der Waals surface area contributed by atoms with Crippen LogP contribution < -0.4 is 4.74 Å². The Bertz CT molecular complexity index is 1060. The average molecular weight is 373 g/mol. The van der Waals surface area contributed by atoms with Crippen LogP contribution in [-0.2, 0) is 6.54 Å². The molecule has 1 saturated heterocycles. The lowest BCUT2D eigenvalue weighted by atomic mass is 10.0. The molecule has 2 aromatic heterocycles. The lowest BCUT2D eigenvalue weighted by Crippen LogP contribution is -2.22. The summed E-state index contributed by atoms with van der Waals surface area (Å²) in [7, 11) is 1.72. The van der Waals surface area contributed by atoms with Crippen molar-refractivity contribution in [3.05, 3.63) is 71.9 Å². The zero-order chi connectivity index (χ0) is 18.9. The molecule has 28 heavy (non-hydrogen) atoms. The van der Waals surface area contributed by atoms with Gasteiger partial charge in [-0.3, -0.25) is 10.00 Å². The van der Waals surface area contributed by atoms with E-state index < -0.39 is 0 Å². The zero-order valence-electron chi connectivity index (χ0n) is 15.9. The first-order valence-electron chi connectivity index (χ1n) is 9.71. The molecule has 0 bridgehead atoms. The number of ether oxygens (including phenoxy) is 1. The molecule has 0 saturated carbocycles. The van der Waals surface area contributed by atoms with Crippen LogP contribution in [0.15, 0.2) is 65.2 Å². The third-order valence-corrected chi connectivity index (χ3v) is 5.61. The maximum Gasteiger partial charge on any atom is 0.153 e. The van der Waals surface area contributed by atoms with Gasteiger partial charge in [0, 0.05) is 23.5 Å². The third kappa shape index (κ3) is 3.08. The first-order chi connectivity index (χ1) is 13.8. The van der Waals surface area contributed by atoms with Crippen LogP contribution >= 0.6 is 0 Å². The number of H-pyrrole nitrogens is 1. The van der Waals surface area contributed by atoms with Crippen molar-refractivity contribution in [1.82, 2.24) is 15.1 Å². The minimum Gasteiger partial charge on any atom is -0.497 e. The highest BCUT2D eigenvalue weighted by molar-refractivity contribution is 5.82. The van der Waals surface area contributed by atoms with E-state index in [4.69, 9.17) is 9.15 Å². The van der Waals surface area contributed by atoms with Gasteiger partial charge in [-0.25, -0.2) is 0 Å². The van der Waals surface area contributed by atoms with Gasteiger partial charge in [-0.05, 0) is 49.2 Å². The smallest absolute Gasteiger partial charge is 0.153 e. The zero-order valence-corrected chi connectivity index (χ0v) is 15.9. The number of hydrogen-bond acceptors (Lipinski definition) is 4. The molecule has 5 rings (SSSR count). The van der Waals surface area contributed by atoms with E-state index in [0.29, 0.717) is 6.04 Å². The van der Waals surface area contributed by atoms with Crippen molar-refractivity contribution in [3.63, 3.8) is 0 Å². The summed E-state index contributed by atoms with van der Waals surface area (Å²) in [5, 5.41) is 8.55. The van der Waals surface area contributed by atoms with E-state index in [0.717, 1.165) is 53.2 Å². The number of furan rings is 1. The van der Waals surface area contributed by atoms with Crippen LogP contribution in [0.1, 0.15) is 30.0 Å². The number of fused-ring (bicyclic) bond motifs is 1. The van der Waals surface area contributed by atoms with Gasteiger partial charge in [-0.1, -0.05) is 30.3 Å². The molecule has 1 N–H and O–H groups in total. The van der Waals surface area contributed by atoms with Gasteiger partial charge in [-0.2, -0.15) is 5.10 Å². The molecule has 1 atom stereocenters. The van der Waals surface area contributed by atoms with Crippen LogP contribution in [0, 0.1) is 0 Å². The topological polar surface area (TPSA) is 54.3 Å². The summed E-state index contributed by atoms with van der Waals surface area (Å²) >= 11 is 0. The number of rotatable bonds is 5. The molecule has 4 aromatic rings. The van der Waals surface area contributed by atoms with Crippen molar-refractivity contribution in [2.45, 2.75) is 25.4 Å². The fourth-order valence-corrected chi connectivity index (χ4v) is 4.21. The Kier molecular flexibility index (Phi) is 4.37. The van der Waals surface area contributed by atoms with Crippen molar-refractivity contribution in [3.8, 4) is 17.2 Å². The van der Waals surface area contributed by atoms with Gasteiger partial charge >= 0.3 is 0 Å². The largest absolute Gasteiger partial charge is 0.497 e. The monoisotopic (exact) mass is 373 g/mol. The molecule has 0 aliphatic carbocycles. The van der Waals surface area contributed by atoms with Crippen molar-refractivity contribution in [1.29, 1.82) is 0 Å². The van der Waals surface area contributed by atoms with E-state index >= 15 is 0 Å². The molecule has 142 valence electrons. The molecule has 5 nitrogen and oxygen atoms in total. The second-order valence-electron chi connectivity index (χ2n) is 7.32. The number of para-hydroxylation sites is 1. The van der Waals surface area contributed by atoms with Crippen LogP contribution in [0.2, 0.25) is 0 Å². The van der Waals surface area contributed by atoms with Crippen LogP contribution in [0.3, 0.4) is 0 Å². The van der Waals surface area contributed by atoms with Gasteiger partial charge in [0.05, 0.1) is 13.3 Å². The van der Waals surface area contributed by atoms with E-state index in [-0.39, 0.29) is 0 Å². The Morgan fingerprint density at radius 1 is 1.18 bits per heavy atom. The molecule has 0 unspecified atom stereocenters. The Labute approximate surface area is 163 Å². The van der Waals surface area contributed by atoms with Crippen molar-refractivity contribution < 1.29 is 9.15 Å². The minimum absolute atomic E-state index is 0.397. The second kappa shape index (κ2) is 7.17. The molecular weight excluding hydrogens is 350 g/mol. The van der Waals surface area contributed by atoms with Crippen LogP contribution in [-0.4, -0.2) is 28.8 Å². The molecule has 1 aliphatic rings. The predicted octanol–water partition coefficient (Wildman–Crippen LogP) is 5.17. The number of likely N-dealkylation sites (tertiary alicyclic amines) is 1. The second-order valence-corrected chi connectivity index (χ2v) is 7.32. The van der Waals surface area contributed by atoms with Crippen molar-refractivity contribution in [2.24, 2.45) is 0 Å². The lowest BCUT2D eigenvalue weighted by molar-refractivity contribution is 0.248. The molecule has 1 fully saturated rings. The third-order valence-electron chi connectivity index (χ3n) is 5.61. The Morgan fingerprint density at radius 2 is 2.11 bits per heavy atom. The van der Waals surface area contributed by atoms with Gasteiger partial charge in [0.25, 0.3) is 0 Å². The highest BCUT2D eigenvalue weighted by Crippen LogP contribution is 2.36. The Hall–Kier alpha value is -3.05. The molecule has 5 heteroatoms. The highest BCUT2D eigenvalue weighted by atomic mass is 16.5. The number of aromatic nitrogens is 2. The summed E-state index contributed by atoms with van der Waals surface area (Å²) < 4.78 is 11.5. The number of methoxy groups -OCH3 is 1. The first-order valence-corrected chi connectivity index (χ1v) is 9.71. The van der Waals surface area contributed by atoms with Gasteiger partial charge in [-0.15, -0.1) is 0 Å². The molecule has 2 aromatic carbocycles. The van der Waals surface area contributed by atoms with Crippen LogP contribution in [0.4, 0.5) is 0 Å². The molecule has 0 amide bonds. The number of hydrogen-bond donors (Lipinski definition) is 1. The lowest BCUT2D eigenvalue weighted by Gasteiger charge is -2.25. The maximum atomic E-state index is 6.05. The van der Waals surface area contributed by atoms with E-state index in [2.05, 4.69) is 45.4 Å². The summed E-state index contributed by atoms with van der Waals surface area (Å²) in [4.78, 5) is 2.52. The maximum absolute atomic E-state index is 6.05. The van der Waals surface area contributed by atoms with Gasteiger partial charge in [0.1, 0.15) is 17.0 Å². The Balaban J connectivity index is 1.42. The molecular formula is C23H23N3O2. The molecule has 3 heterocycles. The van der Waals surface area contributed by atoms with E-state index in [1.54, 1.807) is 7.11 Å². The van der Waals surface area contributed by atoms with E-state index in [1.165, 1.54) is 12.0 Å². The van der Waals surface area contributed by atoms with E-state index in [1.807, 2.05) is 30.5 Å². The van der Waals surface area contributed by atoms with Crippen molar-refractivity contribution in [2.75, 3.05) is 13.7 Å². The number of aromatic amines is 1. The minimum atomic E-state index is 0.397. The predicted molar refractivity (Wildman–Crippen MR) is 109 cm³/mol. The summed E-state index contributed by atoms with van der Waals surface area (Å²) in [5.41, 5.74) is 4.33. The van der Waals surface area contributed by atoms with Gasteiger partial charge in [0.15, 0.2) is 5.76 Å². The summed E-state index contributed by atoms with van der Waals surface area (Å²) in [6.07, 6.45) is 4.27. The quantitative estimate of drug-likeness (QED) is 0.524. The van der Waals surface area contributed by atoms with Crippen LogP contribution in [0.5, 0.6) is 5.75 Å². The number of nitrogens with one attached hydrogen (secondary N) is 1. The fourth-order valence-electron chi connectivity index (χ4n) is 4.21. The van der Waals surface area contributed by atoms with E-state index in [9.17, 15) is 0 Å². The normalized spacial score (nSPS) is 17.4. The first kappa shape index (κ1) is 17.1. The summed E-state index contributed by atoms with van der Waals surface area (Å²) in [6, 6.07) is 19.0. The Morgan fingerprint density at radius 3 is 3.00 bits per heavy atom. The number of nitrogens with zero attached hydrogens (tertiary/aromatic N) is 2. The standard InChI is InChI=1S/C23H23N3O2/c1-27-19-8-4-7-16(12-19)20-9-5-11-26(20)15-18-14-24-25-23(18)22-13-17-6-2-3-10-21(17)28-22/h2-4,6-8,10,12-14,20H,5,9,11,15H2,1H3,(H,24,25)/t20-/m1/s1. The highest BCUT2D eigenvalue weighted by Gasteiger charge is 2.27. The SMILES string of the molecule is COc1cccc([C@H]2CCCN2Cc2cn[nH]c2-c2cc3ccccc3o2)c1. The molecule has 0 radical (unpaired) electrons. The average Bonchev–Trinajstić information content (AvgIpc) is 3.47. The fraction of sp³-hybridized carbons (Fsp3) is 0.261. The summed E-state index contributed by atoms with van der Waals surface area (Å²) in [6.45, 7) is 1.91. The summed E-state index contributed by atoms with van der Waals surface area (Å²) in [5.74, 6) is 1.75.